The van der Waals surface area contributed by atoms with E-state index in [1.807, 2.05) is 13.0 Å². The Morgan fingerprint density at radius 1 is 1.15 bits per heavy atom. The van der Waals surface area contributed by atoms with E-state index < -0.39 is 0 Å². The number of carbonyl (C=O) groups excluding carboxylic acids is 1. The summed E-state index contributed by atoms with van der Waals surface area (Å²) in [7, 11) is 0. The number of nitrogen functional groups attached to an aromatic ring is 1. The maximum absolute atomic E-state index is 12.5. The third kappa shape index (κ3) is 5.57. The van der Waals surface area contributed by atoms with Crippen molar-refractivity contribution < 1.29 is 9.53 Å². The maximum atomic E-state index is 12.5. The Kier molecular flexibility index (Phi) is 6.88. The van der Waals surface area contributed by atoms with E-state index in [2.05, 4.69) is 35.2 Å². The van der Waals surface area contributed by atoms with Crippen molar-refractivity contribution in [1.29, 1.82) is 0 Å². The summed E-state index contributed by atoms with van der Waals surface area (Å²) in [5.41, 5.74) is 8.61. The number of nitrogens with two attached hydrogens (primary N) is 1. The molecule has 1 heterocycles. The van der Waals surface area contributed by atoms with Gasteiger partial charge in [0.2, 0.25) is 0 Å². The number of benzene rings is 2. The number of Topliss-reactive ketones (excluding diaryl/α,β-unsaturated/α-hetero) is 1. The standard InChI is InChI=1S/C23H30N2O2/c1-2-27-23-9-8-20(17-21(23)24)22(26)12-15-25-13-10-19(11-14-25)16-18-6-4-3-5-7-18/h3-9,17,19H,2,10-16,24H2,1H3. The average Bonchev–Trinajstić information content (AvgIpc) is 2.70. The topological polar surface area (TPSA) is 55.6 Å². The summed E-state index contributed by atoms with van der Waals surface area (Å²) in [4.78, 5) is 14.9. The van der Waals surface area contributed by atoms with E-state index in [4.69, 9.17) is 10.5 Å². The van der Waals surface area contributed by atoms with Crippen molar-refractivity contribution in [1.82, 2.24) is 4.90 Å². The number of rotatable bonds is 8. The molecule has 2 N–H and O–H groups in total. The zero-order valence-corrected chi connectivity index (χ0v) is 16.2. The van der Waals surface area contributed by atoms with E-state index >= 15 is 0 Å². The molecule has 4 heteroatoms. The molecule has 0 aromatic heterocycles. The minimum Gasteiger partial charge on any atom is -0.492 e. The largest absolute Gasteiger partial charge is 0.492 e. The molecule has 27 heavy (non-hydrogen) atoms. The summed E-state index contributed by atoms with van der Waals surface area (Å²) in [5, 5.41) is 0. The van der Waals surface area contributed by atoms with Crippen LogP contribution in [0.2, 0.25) is 0 Å². The van der Waals surface area contributed by atoms with Crippen molar-refractivity contribution in [2.45, 2.75) is 32.6 Å². The Labute approximate surface area is 162 Å². The van der Waals surface area contributed by atoms with Crippen LogP contribution in [-0.2, 0) is 6.42 Å². The highest BCUT2D eigenvalue weighted by Crippen LogP contribution is 2.24. The monoisotopic (exact) mass is 366 g/mol. The lowest BCUT2D eigenvalue weighted by atomic mass is 9.90. The van der Waals surface area contributed by atoms with Gasteiger partial charge in [-0.2, -0.15) is 0 Å². The number of hydrogen-bond acceptors (Lipinski definition) is 4. The maximum Gasteiger partial charge on any atom is 0.164 e. The fourth-order valence-corrected chi connectivity index (χ4v) is 3.77. The van der Waals surface area contributed by atoms with Crippen molar-refractivity contribution in [3.05, 3.63) is 59.7 Å². The highest BCUT2D eigenvalue weighted by Gasteiger charge is 2.20. The molecular formula is C23H30N2O2. The molecule has 1 aliphatic rings. The predicted molar refractivity (Wildman–Crippen MR) is 110 cm³/mol. The van der Waals surface area contributed by atoms with Gasteiger partial charge in [0.05, 0.1) is 12.3 Å². The highest BCUT2D eigenvalue weighted by atomic mass is 16.5. The number of anilines is 1. The van der Waals surface area contributed by atoms with E-state index in [1.54, 1.807) is 12.1 Å². The van der Waals surface area contributed by atoms with E-state index in [9.17, 15) is 4.79 Å². The molecule has 0 radical (unpaired) electrons. The van der Waals surface area contributed by atoms with Gasteiger partial charge in [0, 0.05) is 18.5 Å². The molecule has 144 valence electrons. The number of ketones is 1. The van der Waals surface area contributed by atoms with Crippen molar-refractivity contribution in [2.75, 3.05) is 32.0 Å². The second-order valence-electron chi connectivity index (χ2n) is 7.33. The first-order chi connectivity index (χ1) is 13.2. The zero-order valence-electron chi connectivity index (χ0n) is 16.2. The van der Waals surface area contributed by atoms with E-state index in [1.165, 1.54) is 24.8 Å². The van der Waals surface area contributed by atoms with Crippen LogP contribution in [0.5, 0.6) is 5.75 Å². The van der Waals surface area contributed by atoms with Gasteiger partial charge in [0.25, 0.3) is 0 Å². The minimum atomic E-state index is 0.149. The van der Waals surface area contributed by atoms with Crippen LogP contribution in [0, 0.1) is 5.92 Å². The van der Waals surface area contributed by atoms with Crippen molar-refractivity contribution in [2.24, 2.45) is 5.92 Å². The van der Waals surface area contributed by atoms with Gasteiger partial charge in [-0.15, -0.1) is 0 Å². The average molecular weight is 367 g/mol. The summed E-state index contributed by atoms with van der Waals surface area (Å²) < 4.78 is 5.43. The molecule has 0 amide bonds. The lowest BCUT2D eigenvalue weighted by Gasteiger charge is -2.31. The Balaban J connectivity index is 1.43. The van der Waals surface area contributed by atoms with Gasteiger partial charge in [-0.1, -0.05) is 30.3 Å². The third-order valence-electron chi connectivity index (χ3n) is 5.36. The van der Waals surface area contributed by atoms with Crippen LogP contribution in [0.4, 0.5) is 5.69 Å². The normalized spacial score (nSPS) is 15.6. The number of carbonyl (C=O) groups is 1. The molecule has 0 bridgehead atoms. The van der Waals surface area contributed by atoms with Crippen LogP contribution in [0.25, 0.3) is 0 Å². The van der Waals surface area contributed by atoms with Crippen molar-refractivity contribution in [3.8, 4) is 5.75 Å². The number of ether oxygens (including phenoxy) is 1. The van der Waals surface area contributed by atoms with E-state index in [-0.39, 0.29) is 5.78 Å². The molecule has 4 nitrogen and oxygen atoms in total. The Bertz CT molecular complexity index is 737. The molecule has 3 rings (SSSR count). The second-order valence-corrected chi connectivity index (χ2v) is 7.33. The zero-order chi connectivity index (χ0) is 19.1. The molecule has 0 spiro atoms. The number of nitrogens with zero attached hydrogens (tertiary/aromatic N) is 1. The lowest BCUT2D eigenvalue weighted by molar-refractivity contribution is 0.0951. The first-order valence-corrected chi connectivity index (χ1v) is 9.97. The summed E-state index contributed by atoms with van der Waals surface area (Å²) >= 11 is 0. The molecule has 0 unspecified atom stereocenters. The molecule has 2 aromatic rings. The van der Waals surface area contributed by atoms with Gasteiger partial charge in [0.15, 0.2) is 5.78 Å². The van der Waals surface area contributed by atoms with Crippen LogP contribution in [-0.4, -0.2) is 36.9 Å². The molecule has 1 saturated heterocycles. The van der Waals surface area contributed by atoms with Crippen LogP contribution < -0.4 is 10.5 Å². The fraction of sp³-hybridized carbons (Fsp3) is 0.435. The van der Waals surface area contributed by atoms with Gasteiger partial charge >= 0.3 is 0 Å². The van der Waals surface area contributed by atoms with Crippen molar-refractivity contribution in [3.63, 3.8) is 0 Å². The molecule has 0 atom stereocenters. The summed E-state index contributed by atoms with van der Waals surface area (Å²) in [5.74, 6) is 1.55. The first kappa shape index (κ1) is 19.4. The van der Waals surface area contributed by atoms with Gasteiger partial charge in [-0.3, -0.25) is 4.79 Å². The van der Waals surface area contributed by atoms with Crippen LogP contribution in [0.3, 0.4) is 0 Å². The van der Waals surface area contributed by atoms with Gasteiger partial charge in [-0.05, 0) is 69.0 Å². The Morgan fingerprint density at radius 3 is 2.56 bits per heavy atom. The summed E-state index contributed by atoms with van der Waals surface area (Å²) in [6, 6.07) is 16.1. The first-order valence-electron chi connectivity index (χ1n) is 9.97. The molecule has 1 fully saturated rings. The Hall–Kier alpha value is -2.33. The third-order valence-corrected chi connectivity index (χ3v) is 5.36. The SMILES string of the molecule is CCOc1ccc(C(=O)CCN2CCC(Cc3ccccc3)CC2)cc1N. The lowest BCUT2D eigenvalue weighted by Crippen LogP contribution is -2.35. The second kappa shape index (κ2) is 9.56. The smallest absolute Gasteiger partial charge is 0.164 e. The fourth-order valence-electron chi connectivity index (χ4n) is 3.77. The summed E-state index contributed by atoms with van der Waals surface area (Å²) in [6.07, 6.45) is 4.12. The quantitative estimate of drug-likeness (QED) is 0.562. The molecular weight excluding hydrogens is 336 g/mol. The molecule has 0 saturated carbocycles. The van der Waals surface area contributed by atoms with Crippen LogP contribution in [0.1, 0.15) is 42.1 Å². The predicted octanol–water partition coefficient (Wildman–Crippen LogP) is 4.20. The van der Waals surface area contributed by atoms with Crippen LogP contribution in [0.15, 0.2) is 48.5 Å². The van der Waals surface area contributed by atoms with Gasteiger partial charge < -0.3 is 15.4 Å². The Morgan fingerprint density at radius 2 is 1.89 bits per heavy atom. The van der Waals surface area contributed by atoms with E-state index in [0.29, 0.717) is 30.0 Å². The van der Waals surface area contributed by atoms with Crippen LogP contribution >= 0.6 is 0 Å². The van der Waals surface area contributed by atoms with Gasteiger partial charge in [-0.25, -0.2) is 0 Å². The summed E-state index contributed by atoms with van der Waals surface area (Å²) in [6.45, 7) is 5.47. The molecule has 1 aliphatic heterocycles. The molecule has 0 aliphatic carbocycles. The number of piperidine rings is 1. The van der Waals surface area contributed by atoms with Crippen molar-refractivity contribution >= 4 is 11.5 Å². The van der Waals surface area contributed by atoms with E-state index in [0.717, 1.165) is 25.6 Å². The molecule has 2 aromatic carbocycles. The minimum absolute atomic E-state index is 0.149. The highest BCUT2D eigenvalue weighted by molar-refractivity contribution is 5.97. The number of likely N-dealkylation sites (tertiary alicyclic amines) is 1. The number of hydrogen-bond donors (Lipinski definition) is 1. The van der Waals surface area contributed by atoms with Gasteiger partial charge in [0.1, 0.15) is 5.75 Å².